The van der Waals surface area contributed by atoms with Gasteiger partial charge in [0.2, 0.25) is 0 Å². The quantitative estimate of drug-likeness (QED) is 0.334. The molecule has 48 valence electrons. The van der Waals surface area contributed by atoms with E-state index in [1.165, 1.54) is 0 Å². The molecule has 2 N–H and O–H groups in total. The molecule has 0 amide bonds. The van der Waals surface area contributed by atoms with Crippen LogP contribution in [0.25, 0.3) is 0 Å². The molecule has 0 unspecified atom stereocenters. The molecule has 1 heterocycles. The van der Waals surface area contributed by atoms with Gasteiger partial charge in [0.15, 0.2) is 0 Å². The van der Waals surface area contributed by atoms with Gasteiger partial charge in [0.1, 0.15) is 0 Å². The molecule has 0 aliphatic carbocycles. The van der Waals surface area contributed by atoms with E-state index < -0.39 is 13.4 Å². The van der Waals surface area contributed by atoms with E-state index in [4.69, 9.17) is 10.1 Å². The van der Waals surface area contributed by atoms with Gasteiger partial charge in [-0.2, -0.15) is 0 Å². The van der Waals surface area contributed by atoms with Crippen LogP contribution in [0.15, 0.2) is 0 Å². The first kappa shape index (κ1) is 9.90. The second kappa shape index (κ2) is 4.68. The molecule has 0 aromatic heterocycles. The summed E-state index contributed by atoms with van der Waals surface area (Å²) in [5.74, 6) is 0. The predicted molar refractivity (Wildman–Crippen MR) is 27.0 cm³/mol. The Balaban J connectivity index is 0. The summed E-state index contributed by atoms with van der Waals surface area (Å²) in [6, 6.07) is 0. The fraction of sp³-hybridized carbons (Fsp3) is 1.00. The third-order valence-corrected chi connectivity index (χ3v) is 0.862. The van der Waals surface area contributed by atoms with Crippen molar-refractivity contribution in [3.05, 3.63) is 0 Å². The first-order valence-electron chi connectivity index (χ1n) is 2.38. The first-order chi connectivity index (χ1) is 3.79. The summed E-state index contributed by atoms with van der Waals surface area (Å²) in [7, 11) is -1.14. The van der Waals surface area contributed by atoms with Gasteiger partial charge in [0.25, 0.3) is 0 Å². The SMILES string of the molecule is OB1OCC(O)CO1.[H-].[Na+]. The molecule has 0 atom stereocenters. The molecular weight excluding hydrogens is 134 g/mol. The second-order valence-corrected chi connectivity index (χ2v) is 1.63. The molecule has 0 spiro atoms. The van der Waals surface area contributed by atoms with Crippen LogP contribution in [0.1, 0.15) is 1.43 Å². The monoisotopic (exact) mass is 142 g/mol. The van der Waals surface area contributed by atoms with Crippen molar-refractivity contribution in [1.29, 1.82) is 0 Å². The van der Waals surface area contributed by atoms with Gasteiger partial charge in [-0.25, -0.2) is 0 Å². The summed E-state index contributed by atoms with van der Waals surface area (Å²) in [5, 5.41) is 17.1. The average molecular weight is 142 g/mol. The second-order valence-electron chi connectivity index (χ2n) is 1.63. The molecule has 1 aliphatic heterocycles. The molecule has 1 aliphatic rings. The van der Waals surface area contributed by atoms with E-state index in [9.17, 15) is 0 Å². The van der Waals surface area contributed by atoms with Gasteiger partial charge in [0, 0.05) is 0 Å². The number of aliphatic hydroxyl groups is 1. The van der Waals surface area contributed by atoms with Gasteiger partial charge in [-0.3, -0.25) is 0 Å². The largest absolute Gasteiger partial charge is 1.00 e. The topological polar surface area (TPSA) is 58.9 Å². The normalized spacial score (nSPS) is 21.3. The zero-order valence-corrected chi connectivity index (χ0v) is 7.28. The summed E-state index contributed by atoms with van der Waals surface area (Å²) >= 11 is 0. The van der Waals surface area contributed by atoms with Crippen LogP contribution in [0.5, 0.6) is 0 Å². The summed E-state index contributed by atoms with van der Waals surface area (Å²) in [5.41, 5.74) is 0. The van der Waals surface area contributed by atoms with Crippen LogP contribution in [0.3, 0.4) is 0 Å². The van der Waals surface area contributed by atoms with E-state index in [2.05, 4.69) is 9.31 Å². The maximum absolute atomic E-state index is 8.67. The molecule has 4 nitrogen and oxygen atoms in total. The average Bonchev–Trinajstić information content (AvgIpc) is 1.77. The van der Waals surface area contributed by atoms with Crippen molar-refractivity contribution in [1.82, 2.24) is 0 Å². The Morgan fingerprint density at radius 3 is 2.22 bits per heavy atom. The zero-order chi connectivity index (χ0) is 5.98. The van der Waals surface area contributed by atoms with Crippen molar-refractivity contribution in [2.24, 2.45) is 0 Å². The fourth-order valence-electron chi connectivity index (χ4n) is 0.483. The Morgan fingerprint density at radius 2 is 1.89 bits per heavy atom. The Hall–Kier alpha value is 0.905. The maximum atomic E-state index is 8.67. The van der Waals surface area contributed by atoms with Crippen LogP contribution in [0.2, 0.25) is 0 Å². The molecule has 0 aromatic carbocycles. The number of hydrogen-bond acceptors (Lipinski definition) is 4. The van der Waals surface area contributed by atoms with Crippen LogP contribution in [0.4, 0.5) is 0 Å². The first-order valence-corrected chi connectivity index (χ1v) is 2.38. The Labute approximate surface area is 77.1 Å². The molecule has 9 heavy (non-hydrogen) atoms. The molecule has 1 saturated heterocycles. The van der Waals surface area contributed by atoms with E-state index in [0.717, 1.165) is 0 Å². The van der Waals surface area contributed by atoms with Crippen molar-refractivity contribution >= 4 is 7.32 Å². The van der Waals surface area contributed by atoms with Crippen molar-refractivity contribution < 1.29 is 50.4 Å². The van der Waals surface area contributed by atoms with Crippen LogP contribution in [0, 0.1) is 0 Å². The number of aliphatic hydroxyl groups excluding tert-OH is 1. The van der Waals surface area contributed by atoms with Crippen molar-refractivity contribution in [3.63, 3.8) is 0 Å². The van der Waals surface area contributed by atoms with Crippen LogP contribution < -0.4 is 29.6 Å². The Bertz CT molecular complexity index is 68.9. The molecular formula is C3H8BNaO4. The van der Waals surface area contributed by atoms with E-state index in [1.807, 2.05) is 0 Å². The van der Waals surface area contributed by atoms with Crippen molar-refractivity contribution in [3.8, 4) is 0 Å². The molecule has 0 aromatic rings. The van der Waals surface area contributed by atoms with Crippen molar-refractivity contribution in [2.75, 3.05) is 13.2 Å². The number of rotatable bonds is 0. The Kier molecular flexibility index (Phi) is 5.15. The molecule has 0 bridgehead atoms. The minimum absolute atomic E-state index is 0. The predicted octanol–water partition coefficient (Wildman–Crippen LogP) is -4.51. The van der Waals surface area contributed by atoms with Gasteiger partial charge < -0.3 is 20.9 Å². The number of hydrogen-bond donors (Lipinski definition) is 2. The zero-order valence-electron chi connectivity index (χ0n) is 6.28. The molecule has 0 saturated carbocycles. The molecule has 6 heteroatoms. The Morgan fingerprint density at radius 1 is 1.44 bits per heavy atom. The fourth-order valence-corrected chi connectivity index (χ4v) is 0.483. The van der Waals surface area contributed by atoms with E-state index >= 15 is 0 Å². The van der Waals surface area contributed by atoms with Crippen LogP contribution in [-0.2, 0) is 9.31 Å². The van der Waals surface area contributed by atoms with Gasteiger partial charge >= 0.3 is 36.9 Å². The van der Waals surface area contributed by atoms with Gasteiger partial charge in [-0.15, -0.1) is 0 Å². The van der Waals surface area contributed by atoms with Crippen molar-refractivity contribution in [2.45, 2.75) is 6.10 Å². The maximum Gasteiger partial charge on any atom is 1.00 e. The summed E-state index contributed by atoms with van der Waals surface area (Å²) in [6.45, 7) is 0.308. The summed E-state index contributed by atoms with van der Waals surface area (Å²) in [4.78, 5) is 0. The van der Waals surface area contributed by atoms with Crippen LogP contribution in [-0.4, -0.2) is 36.8 Å². The minimum Gasteiger partial charge on any atom is -1.00 e. The van der Waals surface area contributed by atoms with E-state index in [0.29, 0.717) is 0 Å². The molecule has 0 radical (unpaired) electrons. The third-order valence-electron chi connectivity index (χ3n) is 0.862. The van der Waals surface area contributed by atoms with Crippen LogP contribution >= 0.6 is 0 Å². The summed E-state index contributed by atoms with van der Waals surface area (Å²) < 4.78 is 8.95. The smallest absolute Gasteiger partial charge is 1.00 e. The van der Waals surface area contributed by atoms with Gasteiger partial charge in [0.05, 0.1) is 19.3 Å². The standard InChI is InChI=1S/C3H7BO4.Na.H/c5-3-1-7-4(6)8-2-3;;/h3,5-6H,1-2H2;;/q;+1;-1. The molecule has 1 rings (SSSR count). The van der Waals surface area contributed by atoms with Gasteiger partial charge in [-0.1, -0.05) is 0 Å². The summed E-state index contributed by atoms with van der Waals surface area (Å²) in [6.07, 6.45) is -0.585. The third kappa shape index (κ3) is 3.57. The minimum atomic E-state index is -1.14. The molecule has 1 fully saturated rings. The van der Waals surface area contributed by atoms with E-state index in [-0.39, 0.29) is 44.2 Å². The van der Waals surface area contributed by atoms with E-state index in [1.54, 1.807) is 0 Å². The van der Waals surface area contributed by atoms with Gasteiger partial charge in [-0.05, 0) is 0 Å².